The molecule has 0 aromatic heterocycles. The monoisotopic (exact) mass is 244 g/mol. The molecular weight excluding hydrogens is 237 g/mol. The number of thioether (sulfide) groups is 1. The normalized spacial score (nSPS) is 21.8. The standard InChI is InChI=1S/C7H7F3O4S/c8-7(9,10)15-3-1-2-12-5-4-13-6(11)14-5/h1,3,5H,2,4H2/b3-1-. The van der Waals surface area contributed by atoms with E-state index in [-0.39, 0.29) is 25.0 Å². The van der Waals surface area contributed by atoms with Crippen molar-refractivity contribution in [1.29, 1.82) is 0 Å². The van der Waals surface area contributed by atoms with Gasteiger partial charge >= 0.3 is 11.7 Å². The lowest BCUT2D eigenvalue weighted by Gasteiger charge is -2.04. The summed E-state index contributed by atoms with van der Waals surface area (Å²) in [5, 5.41) is 0.859. The fourth-order valence-corrected chi connectivity index (χ4v) is 1.05. The lowest BCUT2D eigenvalue weighted by molar-refractivity contribution is -0.0660. The van der Waals surface area contributed by atoms with Crippen LogP contribution in [-0.2, 0) is 14.2 Å². The molecule has 0 N–H and O–H groups in total. The van der Waals surface area contributed by atoms with E-state index in [0.29, 0.717) is 0 Å². The Morgan fingerprint density at radius 1 is 1.60 bits per heavy atom. The first-order valence-electron chi connectivity index (χ1n) is 3.82. The molecule has 1 unspecified atom stereocenters. The van der Waals surface area contributed by atoms with Gasteiger partial charge in [0.25, 0.3) is 0 Å². The highest BCUT2D eigenvalue weighted by Crippen LogP contribution is 2.30. The first-order valence-corrected chi connectivity index (χ1v) is 4.70. The smallest absolute Gasteiger partial charge is 0.428 e. The molecule has 0 aromatic carbocycles. The number of hydrogen-bond acceptors (Lipinski definition) is 5. The molecule has 0 spiro atoms. The third-order valence-corrected chi connectivity index (χ3v) is 1.84. The Balaban J connectivity index is 2.08. The van der Waals surface area contributed by atoms with Crippen LogP contribution in [0.15, 0.2) is 11.5 Å². The summed E-state index contributed by atoms with van der Waals surface area (Å²) < 4.78 is 48.5. The van der Waals surface area contributed by atoms with Gasteiger partial charge in [0.2, 0.25) is 6.29 Å². The molecule has 0 saturated carbocycles. The van der Waals surface area contributed by atoms with Crippen LogP contribution >= 0.6 is 11.8 Å². The molecule has 4 nitrogen and oxygen atoms in total. The molecule has 1 atom stereocenters. The van der Waals surface area contributed by atoms with Gasteiger partial charge in [0.05, 0.1) is 6.61 Å². The molecule has 8 heteroatoms. The van der Waals surface area contributed by atoms with Crippen molar-refractivity contribution < 1.29 is 32.2 Å². The van der Waals surface area contributed by atoms with Crippen molar-refractivity contribution >= 4 is 17.9 Å². The molecule has 1 aliphatic heterocycles. The predicted octanol–water partition coefficient (Wildman–Crippen LogP) is 2.26. The Labute approximate surface area is 87.4 Å². The van der Waals surface area contributed by atoms with Crippen LogP contribution in [0.5, 0.6) is 0 Å². The average Bonchev–Trinajstić information content (AvgIpc) is 2.49. The summed E-state index contributed by atoms with van der Waals surface area (Å²) >= 11 is -0.283. The van der Waals surface area contributed by atoms with E-state index in [9.17, 15) is 18.0 Å². The van der Waals surface area contributed by atoms with E-state index >= 15 is 0 Å². The van der Waals surface area contributed by atoms with E-state index in [1.807, 2.05) is 0 Å². The second-order valence-corrected chi connectivity index (χ2v) is 3.35. The van der Waals surface area contributed by atoms with Crippen molar-refractivity contribution in [2.75, 3.05) is 13.2 Å². The molecule has 0 aromatic rings. The van der Waals surface area contributed by atoms with Crippen LogP contribution in [0.2, 0.25) is 0 Å². The van der Waals surface area contributed by atoms with Gasteiger partial charge < -0.3 is 14.2 Å². The first-order chi connectivity index (χ1) is 6.97. The maximum absolute atomic E-state index is 11.6. The molecule has 0 amide bonds. The Morgan fingerprint density at radius 3 is 2.87 bits per heavy atom. The van der Waals surface area contributed by atoms with E-state index < -0.39 is 18.0 Å². The van der Waals surface area contributed by atoms with E-state index in [4.69, 9.17) is 4.74 Å². The van der Waals surface area contributed by atoms with Gasteiger partial charge in [0, 0.05) is 0 Å². The lowest BCUT2D eigenvalue weighted by atomic mass is 10.6. The molecule has 1 heterocycles. The van der Waals surface area contributed by atoms with Crippen molar-refractivity contribution in [3.8, 4) is 0 Å². The summed E-state index contributed by atoms with van der Waals surface area (Å²) in [6.07, 6.45) is -0.503. The minimum absolute atomic E-state index is 0.0426. The second-order valence-electron chi connectivity index (χ2n) is 2.38. The highest BCUT2D eigenvalue weighted by atomic mass is 32.2. The molecule has 1 fully saturated rings. The van der Waals surface area contributed by atoms with Crippen LogP contribution in [0.3, 0.4) is 0 Å². The highest BCUT2D eigenvalue weighted by Gasteiger charge is 2.27. The van der Waals surface area contributed by atoms with Crippen LogP contribution in [0.4, 0.5) is 18.0 Å². The second kappa shape index (κ2) is 5.26. The van der Waals surface area contributed by atoms with Crippen molar-refractivity contribution in [3.63, 3.8) is 0 Å². The zero-order chi connectivity index (χ0) is 11.3. The third-order valence-electron chi connectivity index (χ3n) is 1.24. The van der Waals surface area contributed by atoms with Crippen LogP contribution < -0.4 is 0 Å². The van der Waals surface area contributed by atoms with E-state index in [1.54, 1.807) is 0 Å². The topological polar surface area (TPSA) is 44.8 Å². The Kier molecular flexibility index (Phi) is 4.28. The quantitative estimate of drug-likeness (QED) is 0.710. The van der Waals surface area contributed by atoms with E-state index in [2.05, 4.69) is 9.47 Å². The van der Waals surface area contributed by atoms with Crippen LogP contribution in [0, 0.1) is 0 Å². The van der Waals surface area contributed by atoms with Crippen molar-refractivity contribution in [2.45, 2.75) is 11.8 Å². The maximum atomic E-state index is 11.6. The van der Waals surface area contributed by atoms with Gasteiger partial charge in [-0.1, -0.05) is 6.08 Å². The van der Waals surface area contributed by atoms with Crippen molar-refractivity contribution in [1.82, 2.24) is 0 Å². The minimum Gasteiger partial charge on any atom is -0.428 e. The largest absolute Gasteiger partial charge is 0.510 e. The molecule has 0 radical (unpaired) electrons. The van der Waals surface area contributed by atoms with E-state index in [1.165, 1.54) is 6.08 Å². The number of cyclic esters (lactones) is 2. The minimum atomic E-state index is -4.29. The average molecular weight is 244 g/mol. The van der Waals surface area contributed by atoms with Crippen LogP contribution in [-0.4, -0.2) is 31.2 Å². The number of ether oxygens (including phenoxy) is 3. The summed E-state index contributed by atoms with van der Waals surface area (Å²) in [7, 11) is 0. The predicted molar refractivity (Wildman–Crippen MR) is 45.0 cm³/mol. The number of carbonyl (C=O) groups is 1. The van der Waals surface area contributed by atoms with Gasteiger partial charge in [-0.25, -0.2) is 4.79 Å². The Bertz CT molecular complexity index is 253. The van der Waals surface area contributed by atoms with Crippen LogP contribution in [0.25, 0.3) is 0 Å². The SMILES string of the molecule is O=C1OCC(OC/C=C\SC(F)(F)F)O1. The highest BCUT2D eigenvalue weighted by molar-refractivity contribution is 8.02. The zero-order valence-electron chi connectivity index (χ0n) is 7.32. The summed E-state index contributed by atoms with van der Waals surface area (Å²) in [6.45, 7) is -0.122. The summed E-state index contributed by atoms with van der Waals surface area (Å²) in [5.41, 5.74) is -4.29. The number of hydrogen-bond donors (Lipinski definition) is 0. The number of halogens is 3. The molecule has 1 rings (SSSR count). The fraction of sp³-hybridized carbons (Fsp3) is 0.571. The number of carbonyl (C=O) groups excluding carboxylic acids is 1. The van der Waals surface area contributed by atoms with Gasteiger partial charge in [-0.2, -0.15) is 13.2 Å². The van der Waals surface area contributed by atoms with Gasteiger partial charge in [-0.15, -0.1) is 0 Å². The number of rotatable bonds is 4. The van der Waals surface area contributed by atoms with Crippen LogP contribution in [0.1, 0.15) is 0 Å². The van der Waals surface area contributed by atoms with Crippen molar-refractivity contribution in [2.24, 2.45) is 0 Å². The lowest BCUT2D eigenvalue weighted by Crippen LogP contribution is -2.14. The Morgan fingerprint density at radius 2 is 2.33 bits per heavy atom. The zero-order valence-corrected chi connectivity index (χ0v) is 8.14. The van der Waals surface area contributed by atoms with Gasteiger partial charge in [-0.3, -0.25) is 0 Å². The van der Waals surface area contributed by atoms with Crippen molar-refractivity contribution in [3.05, 3.63) is 11.5 Å². The molecule has 0 bridgehead atoms. The maximum Gasteiger partial charge on any atom is 0.510 e. The van der Waals surface area contributed by atoms with E-state index in [0.717, 1.165) is 5.41 Å². The third kappa shape index (κ3) is 5.53. The Hall–Kier alpha value is -0.890. The fourth-order valence-electron chi connectivity index (χ4n) is 0.721. The van der Waals surface area contributed by atoms with Gasteiger partial charge in [-0.05, 0) is 17.2 Å². The van der Waals surface area contributed by atoms with Gasteiger partial charge in [0.15, 0.2) is 6.61 Å². The number of alkyl halides is 3. The summed E-state index contributed by atoms with van der Waals surface area (Å²) in [4.78, 5) is 10.4. The molecule has 86 valence electrons. The first kappa shape index (κ1) is 12.2. The molecule has 1 aliphatic rings. The van der Waals surface area contributed by atoms with Gasteiger partial charge in [0.1, 0.15) is 0 Å². The molecule has 0 aliphatic carbocycles. The molecule has 1 saturated heterocycles. The summed E-state index contributed by atoms with van der Waals surface area (Å²) in [5.74, 6) is 0. The molecule has 15 heavy (non-hydrogen) atoms. The molecular formula is C7H7F3O4S. The summed E-state index contributed by atoms with van der Waals surface area (Å²) in [6, 6.07) is 0.